The van der Waals surface area contributed by atoms with E-state index < -0.39 is 34.8 Å². The van der Waals surface area contributed by atoms with Crippen molar-refractivity contribution in [1.29, 1.82) is 0 Å². The van der Waals surface area contributed by atoms with Crippen molar-refractivity contribution in [3.05, 3.63) is 71.0 Å². The van der Waals surface area contributed by atoms with Gasteiger partial charge in [-0.1, -0.05) is 0 Å². The van der Waals surface area contributed by atoms with Crippen molar-refractivity contribution in [3.63, 3.8) is 0 Å². The van der Waals surface area contributed by atoms with Crippen molar-refractivity contribution in [3.8, 4) is 0 Å². The second-order valence-corrected chi connectivity index (χ2v) is 4.04. The fourth-order valence-electron chi connectivity index (χ4n) is 1.53. The number of halogens is 3. The highest BCUT2D eigenvalue weighted by atomic mass is 19.1. The average molecular weight is 294 g/mol. The van der Waals surface area contributed by atoms with Crippen LogP contribution in [0.4, 0.5) is 13.2 Å². The van der Waals surface area contributed by atoms with E-state index in [-0.39, 0.29) is 5.56 Å². The second-order valence-electron chi connectivity index (χ2n) is 4.04. The van der Waals surface area contributed by atoms with Gasteiger partial charge in [0.2, 0.25) is 0 Å². The Labute approximate surface area is 117 Å². The van der Waals surface area contributed by atoms with Gasteiger partial charge in [0.1, 0.15) is 17.5 Å². The lowest BCUT2D eigenvalue weighted by Gasteiger charge is -2.08. The van der Waals surface area contributed by atoms with Crippen LogP contribution < -0.4 is 10.9 Å². The Kier molecular flexibility index (Phi) is 4.22. The van der Waals surface area contributed by atoms with Crippen molar-refractivity contribution in [1.82, 2.24) is 10.9 Å². The molecule has 0 heterocycles. The average Bonchev–Trinajstić information content (AvgIpc) is 2.45. The molecule has 0 bridgehead atoms. The summed E-state index contributed by atoms with van der Waals surface area (Å²) in [5.74, 6) is -4.03. The van der Waals surface area contributed by atoms with Gasteiger partial charge in [-0.3, -0.25) is 20.4 Å². The van der Waals surface area contributed by atoms with E-state index in [0.29, 0.717) is 6.07 Å². The van der Waals surface area contributed by atoms with Gasteiger partial charge in [0.15, 0.2) is 0 Å². The van der Waals surface area contributed by atoms with E-state index in [1.165, 1.54) is 12.1 Å². The van der Waals surface area contributed by atoms with Crippen LogP contribution in [0.25, 0.3) is 0 Å². The summed E-state index contributed by atoms with van der Waals surface area (Å²) in [7, 11) is 0. The van der Waals surface area contributed by atoms with Crippen molar-refractivity contribution in [2.75, 3.05) is 0 Å². The number of hydrogen-bond acceptors (Lipinski definition) is 2. The number of carbonyl (C=O) groups excluding carboxylic acids is 2. The number of hydrazine groups is 1. The second kappa shape index (κ2) is 6.08. The van der Waals surface area contributed by atoms with Crippen LogP contribution >= 0.6 is 0 Å². The minimum atomic E-state index is -1.05. The zero-order valence-corrected chi connectivity index (χ0v) is 10.5. The zero-order valence-electron chi connectivity index (χ0n) is 10.5. The largest absolute Gasteiger partial charge is 0.272 e. The maximum absolute atomic E-state index is 13.3. The molecule has 0 aliphatic rings. The van der Waals surface area contributed by atoms with Crippen LogP contribution in [0, 0.1) is 17.5 Å². The first-order valence-electron chi connectivity index (χ1n) is 5.78. The Balaban J connectivity index is 2.00. The summed E-state index contributed by atoms with van der Waals surface area (Å²) < 4.78 is 38.7. The monoisotopic (exact) mass is 294 g/mol. The fraction of sp³-hybridized carbons (Fsp3) is 0. The van der Waals surface area contributed by atoms with Gasteiger partial charge in [-0.05, 0) is 36.4 Å². The highest BCUT2D eigenvalue weighted by Gasteiger charge is 2.13. The smallest absolute Gasteiger partial charge is 0.267 e. The molecule has 2 amide bonds. The molecule has 0 aliphatic heterocycles. The molecule has 2 N–H and O–H groups in total. The normalized spacial score (nSPS) is 10.0. The van der Waals surface area contributed by atoms with E-state index in [2.05, 4.69) is 0 Å². The summed E-state index contributed by atoms with van der Waals surface area (Å²) in [6.07, 6.45) is 0. The summed E-state index contributed by atoms with van der Waals surface area (Å²) in [6.45, 7) is 0. The van der Waals surface area contributed by atoms with Gasteiger partial charge in [0.05, 0.1) is 5.56 Å². The lowest BCUT2D eigenvalue weighted by molar-refractivity contribution is 0.0844. The van der Waals surface area contributed by atoms with Gasteiger partial charge < -0.3 is 0 Å². The predicted octanol–water partition coefficient (Wildman–Crippen LogP) is 2.18. The minimum Gasteiger partial charge on any atom is -0.267 e. The Morgan fingerprint density at radius 3 is 1.95 bits per heavy atom. The lowest BCUT2D eigenvalue weighted by Crippen LogP contribution is -2.41. The van der Waals surface area contributed by atoms with Gasteiger partial charge in [-0.2, -0.15) is 0 Å². The van der Waals surface area contributed by atoms with E-state index in [4.69, 9.17) is 0 Å². The molecule has 108 valence electrons. The Morgan fingerprint density at radius 2 is 1.33 bits per heavy atom. The van der Waals surface area contributed by atoms with E-state index in [9.17, 15) is 22.8 Å². The van der Waals surface area contributed by atoms with Crippen molar-refractivity contribution in [2.24, 2.45) is 0 Å². The molecule has 7 heteroatoms. The molecular weight excluding hydrogens is 285 g/mol. The maximum Gasteiger partial charge on any atom is 0.272 e. The number of rotatable bonds is 2. The topological polar surface area (TPSA) is 58.2 Å². The van der Waals surface area contributed by atoms with E-state index in [1.54, 1.807) is 0 Å². The first kappa shape index (κ1) is 14.6. The molecule has 2 rings (SSSR count). The fourth-order valence-corrected chi connectivity index (χ4v) is 1.53. The van der Waals surface area contributed by atoms with Gasteiger partial charge in [-0.25, -0.2) is 13.2 Å². The number of hydrogen-bond donors (Lipinski definition) is 2. The van der Waals surface area contributed by atoms with E-state index >= 15 is 0 Å². The first-order valence-corrected chi connectivity index (χ1v) is 5.78. The lowest BCUT2D eigenvalue weighted by atomic mass is 10.2. The molecule has 0 fully saturated rings. The highest BCUT2D eigenvalue weighted by molar-refractivity contribution is 5.99. The third-order valence-electron chi connectivity index (χ3n) is 2.57. The van der Waals surface area contributed by atoms with Crippen LogP contribution in [0.5, 0.6) is 0 Å². The zero-order chi connectivity index (χ0) is 15.4. The molecule has 0 saturated carbocycles. The number of benzene rings is 2. The van der Waals surface area contributed by atoms with Crippen LogP contribution in [-0.4, -0.2) is 11.8 Å². The predicted molar refractivity (Wildman–Crippen MR) is 67.7 cm³/mol. The Bertz CT molecular complexity index is 687. The van der Waals surface area contributed by atoms with Crippen LogP contribution in [0.2, 0.25) is 0 Å². The standard InChI is InChI=1S/C14H9F3N2O2/c15-9-3-1-8(2-4-9)13(20)18-19-14(21)11-6-5-10(16)7-12(11)17/h1-7H,(H,18,20)(H,19,21). The molecule has 4 nitrogen and oxygen atoms in total. The molecule has 21 heavy (non-hydrogen) atoms. The van der Waals surface area contributed by atoms with Gasteiger partial charge >= 0.3 is 0 Å². The van der Waals surface area contributed by atoms with Crippen LogP contribution in [0.3, 0.4) is 0 Å². The van der Waals surface area contributed by atoms with Gasteiger partial charge in [0.25, 0.3) is 11.8 Å². The quantitative estimate of drug-likeness (QED) is 0.834. The summed E-state index contributed by atoms with van der Waals surface area (Å²) >= 11 is 0. The Morgan fingerprint density at radius 1 is 0.762 bits per heavy atom. The van der Waals surface area contributed by atoms with Crippen molar-refractivity contribution >= 4 is 11.8 Å². The van der Waals surface area contributed by atoms with Crippen LogP contribution in [0.15, 0.2) is 42.5 Å². The van der Waals surface area contributed by atoms with Crippen molar-refractivity contribution in [2.45, 2.75) is 0 Å². The number of amides is 2. The maximum atomic E-state index is 13.3. The molecule has 0 radical (unpaired) electrons. The number of nitrogens with one attached hydrogen (secondary N) is 2. The SMILES string of the molecule is O=C(NNC(=O)c1ccc(F)cc1F)c1ccc(F)cc1. The van der Waals surface area contributed by atoms with Crippen LogP contribution in [-0.2, 0) is 0 Å². The molecule has 0 aliphatic carbocycles. The Hall–Kier alpha value is -2.83. The first-order chi connectivity index (χ1) is 9.97. The molecule has 0 unspecified atom stereocenters. The highest BCUT2D eigenvalue weighted by Crippen LogP contribution is 2.09. The number of carbonyl (C=O) groups is 2. The van der Waals surface area contributed by atoms with Crippen LogP contribution in [0.1, 0.15) is 20.7 Å². The third kappa shape index (κ3) is 3.59. The molecule has 2 aromatic carbocycles. The minimum absolute atomic E-state index is 0.108. The molecule has 0 saturated heterocycles. The molecule has 0 spiro atoms. The molecule has 0 atom stereocenters. The third-order valence-corrected chi connectivity index (χ3v) is 2.57. The van der Waals surface area contributed by atoms with E-state index in [1.807, 2.05) is 10.9 Å². The molecular formula is C14H9F3N2O2. The summed E-state index contributed by atoms with van der Waals surface area (Å²) in [6, 6.07) is 7.01. The summed E-state index contributed by atoms with van der Waals surface area (Å²) in [5.41, 5.74) is 3.70. The summed E-state index contributed by atoms with van der Waals surface area (Å²) in [5, 5.41) is 0. The van der Waals surface area contributed by atoms with E-state index in [0.717, 1.165) is 24.3 Å². The summed E-state index contributed by atoms with van der Waals surface area (Å²) in [4.78, 5) is 23.2. The van der Waals surface area contributed by atoms with Gasteiger partial charge in [-0.15, -0.1) is 0 Å². The van der Waals surface area contributed by atoms with Crippen molar-refractivity contribution < 1.29 is 22.8 Å². The van der Waals surface area contributed by atoms with Gasteiger partial charge in [0, 0.05) is 11.6 Å². The molecule has 2 aromatic rings. The molecule has 0 aromatic heterocycles.